The Bertz CT molecular complexity index is 1010. The molecule has 4 rings (SSSR count). The van der Waals surface area contributed by atoms with Crippen LogP contribution in [-0.2, 0) is 11.3 Å². The second-order valence-corrected chi connectivity index (χ2v) is 8.59. The summed E-state index contributed by atoms with van der Waals surface area (Å²) >= 11 is 6.06. The summed E-state index contributed by atoms with van der Waals surface area (Å²) in [5, 5.41) is 8.32. The fourth-order valence-corrected chi connectivity index (χ4v) is 4.36. The molecule has 1 unspecified atom stereocenters. The summed E-state index contributed by atoms with van der Waals surface area (Å²) in [4.78, 5) is 19.4. The molecular formula is C25H29ClN4O. The van der Waals surface area contributed by atoms with Gasteiger partial charge < -0.3 is 10.6 Å². The standard InChI is InChI=1S/C25H29ClN4O/c26-21-9-10-22-23(11-14-28-24(22)16-21)27-12-5-13-29-25(31)20-8-4-15-30(18-20)17-19-6-2-1-3-7-19/h1-3,6-7,9-11,14,16,20H,4-5,8,12-13,15,17-18H2,(H,27,28)(H,29,31). The first-order chi connectivity index (χ1) is 15.2. The van der Waals surface area contributed by atoms with Gasteiger partial charge in [0.15, 0.2) is 0 Å². The number of anilines is 1. The second-order valence-electron chi connectivity index (χ2n) is 8.15. The van der Waals surface area contributed by atoms with Gasteiger partial charge in [0.25, 0.3) is 0 Å². The summed E-state index contributed by atoms with van der Waals surface area (Å²) in [6.45, 7) is 4.28. The van der Waals surface area contributed by atoms with Crippen LogP contribution in [-0.4, -0.2) is 42.0 Å². The van der Waals surface area contributed by atoms with Crippen molar-refractivity contribution in [3.8, 4) is 0 Å². The molecule has 1 aliphatic rings. The second kappa shape index (κ2) is 10.6. The highest BCUT2D eigenvalue weighted by atomic mass is 35.5. The summed E-state index contributed by atoms with van der Waals surface area (Å²) in [6.07, 6.45) is 4.70. The summed E-state index contributed by atoms with van der Waals surface area (Å²) in [5.41, 5.74) is 3.22. The van der Waals surface area contributed by atoms with Gasteiger partial charge in [-0.05, 0) is 55.6 Å². The number of carbonyl (C=O) groups is 1. The van der Waals surface area contributed by atoms with E-state index in [0.717, 1.165) is 62.0 Å². The number of pyridine rings is 1. The van der Waals surface area contributed by atoms with Crippen LogP contribution in [0, 0.1) is 5.92 Å². The number of aromatic nitrogens is 1. The summed E-state index contributed by atoms with van der Waals surface area (Å²) in [6, 6.07) is 18.2. The SMILES string of the molecule is O=C(NCCCNc1ccnc2cc(Cl)ccc12)C1CCCN(Cc2ccccc2)C1. The van der Waals surface area contributed by atoms with Crippen LogP contribution in [0.4, 0.5) is 5.69 Å². The highest BCUT2D eigenvalue weighted by Crippen LogP contribution is 2.24. The lowest BCUT2D eigenvalue weighted by Gasteiger charge is -2.32. The van der Waals surface area contributed by atoms with Gasteiger partial charge >= 0.3 is 0 Å². The van der Waals surface area contributed by atoms with Crippen molar-refractivity contribution in [2.24, 2.45) is 5.92 Å². The molecule has 162 valence electrons. The largest absolute Gasteiger partial charge is 0.384 e. The number of amides is 1. The number of halogens is 1. The average Bonchev–Trinajstić information content (AvgIpc) is 2.79. The van der Waals surface area contributed by atoms with E-state index in [2.05, 4.69) is 44.8 Å². The number of fused-ring (bicyclic) bond motifs is 1. The normalized spacial score (nSPS) is 16.9. The predicted octanol–water partition coefficient (Wildman–Crippen LogP) is 4.72. The van der Waals surface area contributed by atoms with Crippen molar-refractivity contribution in [2.45, 2.75) is 25.8 Å². The molecule has 2 N–H and O–H groups in total. The van der Waals surface area contributed by atoms with Crippen molar-refractivity contribution in [1.82, 2.24) is 15.2 Å². The van der Waals surface area contributed by atoms with E-state index >= 15 is 0 Å². The van der Waals surface area contributed by atoms with Gasteiger partial charge in [-0.25, -0.2) is 0 Å². The molecular weight excluding hydrogens is 408 g/mol. The Morgan fingerprint density at radius 3 is 2.87 bits per heavy atom. The molecule has 1 atom stereocenters. The third-order valence-electron chi connectivity index (χ3n) is 5.80. The maximum Gasteiger partial charge on any atom is 0.224 e. The molecule has 0 bridgehead atoms. The molecule has 6 heteroatoms. The maximum atomic E-state index is 12.7. The van der Waals surface area contributed by atoms with E-state index in [9.17, 15) is 4.79 Å². The van der Waals surface area contributed by atoms with E-state index < -0.39 is 0 Å². The highest BCUT2D eigenvalue weighted by molar-refractivity contribution is 6.31. The Balaban J connectivity index is 1.20. The van der Waals surface area contributed by atoms with Crippen LogP contribution in [0.25, 0.3) is 10.9 Å². The molecule has 0 spiro atoms. The van der Waals surface area contributed by atoms with Crippen molar-refractivity contribution in [3.63, 3.8) is 0 Å². The first-order valence-electron chi connectivity index (χ1n) is 11.0. The summed E-state index contributed by atoms with van der Waals surface area (Å²) in [5.74, 6) is 0.265. The number of piperidine rings is 1. The molecule has 1 fully saturated rings. The quantitative estimate of drug-likeness (QED) is 0.502. The van der Waals surface area contributed by atoms with Crippen molar-refractivity contribution in [1.29, 1.82) is 0 Å². The third-order valence-corrected chi connectivity index (χ3v) is 6.03. The minimum Gasteiger partial charge on any atom is -0.384 e. The zero-order valence-electron chi connectivity index (χ0n) is 17.7. The maximum absolute atomic E-state index is 12.7. The fraction of sp³-hybridized carbons (Fsp3) is 0.360. The van der Waals surface area contributed by atoms with E-state index in [4.69, 9.17) is 11.6 Å². The fourth-order valence-electron chi connectivity index (χ4n) is 4.20. The van der Waals surface area contributed by atoms with Gasteiger partial charge in [0, 0.05) is 48.5 Å². The molecule has 1 aromatic heterocycles. The lowest BCUT2D eigenvalue weighted by molar-refractivity contribution is -0.126. The van der Waals surface area contributed by atoms with Crippen molar-refractivity contribution >= 4 is 34.1 Å². The molecule has 2 heterocycles. The van der Waals surface area contributed by atoms with Gasteiger partial charge in [0.05, 0.1) is 11.4 Å². The van der Waals surface area contributed by atoms with Crippen molar-refractivity contribution < 1.29 is 4.79 Å². The Labute approximate surface area is 188 Å². The highest BCUT2D eigenvalue weighted by Gasteiger charge is 2.25. The molecule has 2 aromatic carbocycles. The van der Waals surface area contributed by atoms with Gasteiger partial charge in [-0.3, -0.25) is 14.7 Å². The molecule has 1 aliphatic heterocycles. The van der Waals surface area contributed by atoms with Crippen LogP contribution in [0.3, 0.4) is 0 Å². The summed E-state index contributed by atoms with van der Waals surface area (Å²) < 4.78 is 0. The molecule has 31 heavy (non-hydrogen) atoms. The topological polar surface area (TPSA) is 57.3 Å². The minimum atomic E-state index is 0.0827. The number of nitrogens with one attached hydrogen (secondary N) is 2. The van der Waals surface area contributed by atoms with Crippen LogP contribution in [0.1, 0.15) is 24.8 Å². The molecule has 0 saturated carbocycles. The number of benzene rings is 2. The van der Waals surface area contributed by atoms with Gasteiger partial charge in [-0.2, -0.15) is 0 Å². The number of nitrogens with zero attached hydrogens (tertiary/aromatic N) is 2. The summed E-state index contributed by atoms with van der Waals surface area (Å²) in [7, 11) is 0. The molecule has 1 amide bonds. The van der Waals surface area contributed by atoms with Gasteiger partial charge in [-0.1, -0.05) is 41.9 Å². The zero-order chi connectivity index (χ0) is 21.5. The van der Waals surface area contributed by atoms with E-state index in [1.54, 1.807) is 6.20 Å². The number of hydrogen-bond donors (Lipinski definition) is 2. The first-order valence-corrected chi connectivity index (χ1v) is 11.4. The Hall–Kier alpha value is -2.63. The van der Waals surface area contributed by atoms with Crippen LogP contribution >= 0.6 is 11.6 Å². The first kappa shape index (κ1) is 21.6. The Morgan fingerprint density at radius 1 is 1.13 bits per heavy atom. The van der Waals surface area contributed by atoms with Gasteiger partial charge in [0.1, 0.15) is 0 Å². The van der Waals surface area contributed by atoms with Crippen molar-refractivity contribution in [2.75, 3.05) is 31.5 Å². The average molecular weight is 437 g/mol. The third kappa shape index (κ3) is 5.96. The number of carbonyl (C=O) groups excluding carboxylic acids is 1. The van der Waals surface area contributed by atoms with Crippen LogP contribution < -0.4 is 10.6 Å². The lowest BCUT2D eigenvalue weighted by atomic mass is 9.96. The molecule has 3 aromatic rings. The zero-order valence-corrected chi connectivity index (χ0v) is 18.4. The van der Waals surface area contributed by atoms with Gasteiger partial charge in [0.2, 0.25) is 5.91 Å². The van der Waals surface area contributed by atoms with Crippen LogP contribution in [0.15, 0.2) is 60.8 Å². The Morgan fingerprint density at radius 2 is 2.00 bits per heavy atom. The van der Waals surface area contributed by atoms with Crippen LogP contribution in [0.2, 0.25) is 5.02 Å². The predicted molar refractivity (Wildman–Crippen MR) is 127 cm³/mol. The molecule has 0 aliphatic carbocycles. The van der Waals surface area contributed by atoms with E-state index in [-0.39, 0.29) is 11.8 Å². The van der Waals surface area contributed by atoms with Crippen LogP contribution in [0.5, 0.6) is 0 Å². The van der Waals surface area contributed by atoms with Gasteiger partial charge in [-0.15, -0.1) is 0 Å². The lowest BCUT2D eigenvalue weighted by Crippen LogP contribution is -2.43. The van der Waals surface area contributed by atoms with Crippen molar-refractivity contribution in [3.05, 3.63) is 71.4 Å². The monoisotopic (exact) mass is 436 g/mol. The molecule has 0 radical (unpaired) electrons. The number of hydrogen-bond acceptors (Lipinski definition) is 4. The van der Waals surface area contributed by atoms with E-state index in [0.29, 0.717) is 11.6 Å². The Kier molecular flexibility index (Phi) is 7.39. The molecule has 1 saturated heterocycles. The smallest absolute Gasteiger partial charge is 0.224 e. The molecule has 5 nitrogen and oxygen atoms in total. The number of rotatable bonds is 8. The number of likely N-dealkylation sites (tertiary alicyclic amines) is 1. The van der Waals surface area contributed by atoms with E-state index in [1.165, 1.54) is 5.56 Å². The van der Waals surface area contributed by atoms with E-state index in [1.807, 2.05) is 30.3 Å². The minimum absolute atomic E-state index is 0.0827.